The van der Waals surface area contributed by atoms with Crippen molar-refractivity contribution in [3.63, 3.8) is 0 Å². The Morgan fingerprint density at radius 1 is 1.31 bits per heavy atom. The highest BCUT2D eigenvalue weighted by Crippen LogP contribution is 2.32. The van der Waals surface area contributed by atoms with Crippen LogP contribution in [0, 0.1) is 0 Å². The molecule has 88 valence electrons. The van der Waals surface area contributed by atoms with Crippen molar-refractivity contribution in [1.29, 1.82) is 0 Å². The van der Waals surface area contributed by atoms with Crippen molar-refractivity contribution in [3.05, 3.63) is 35.4 Å². The summed E-state index contributed by atoms with van der Waals surface area (Å²) in [6.45, 7) is 0.116. The molecule has 0 aliphatic heterocycles. The number of hydrogen-bond acceptors (Lipinski definition) is 2. The summed E-state index contributed by atoms with van der Waals surface area (Å²) in [6, 6.07) is 4.76. The van der Waals surface area contributed by atoms with Crippen LogP contribution >= 0.6 is 0 Å². The molecule has 0 amide bonds. The fourth-order valence-electron chi connectivity index (χ4n) is 1.30. The third kappa shape index (κ3) is 3.06. The quantitative estimate of drug-likeness (QED) is 0.746. The summed E-state index contributed by atoms with van der Waals surface area (Å²) in [5.41, 5.74) is -1.19. The van der Waals surface area contributed by atoms with Crippen molar-refractivity contribution in [3.8, 4) is 0 Å². The summed E-state index contributed by atoms with van der Waals surface area (Å²) < 4.78 is 42.3. The molecule has 0 aliphatic rings. The molecule has 0 heterocycles. The van der Waals surface area contributed by atoms with Gasteiger partial charge in [0.2, 0.25) is 0 Å². The SMILES string of the molecule is COCCC(=O)c1ccccc1C(F)(F)F. The Kier molecular flexibility index (Phi) is 4.06. The van der Waals surface area contributed by atoms with E-state index in [1.54, 1.807) is 0 Å². The van der Waals surface area contributed by atoms with Gasteiger partial charge in [0.05, 0.1) is 12.2 Å². The second-order valence-corrected chi connectivity index (χ2v) is 3.21. The molecule has 0 atom stereocenters. The van der Waals surface area contributed by atoms with E-state index in [0.717, 1.165) is 6.07 Å². The van der Waals surface area contributed by atoms with Crippen molar-refractivity contribution in [2.24, 2.45) is 0 Å². The van der Waals surface area contributed by atoms with Gasteiger partial charge in [0.1, 0.15) is 0 Å². The van der Waals surface area contributed by atoms with Crippen LogP contribution in [0.4, 0.5) is 13.2 Å². The zero-order valence-electron chi connectivity index (χ0n) is 8.67. The Morgan fingerprint density at radius 3 is 2.50 bits per heavy atom. The number of halogens is 3. The molecule has 0 saturated carbocycles. The molecule has 1 aromatic rings. The van der Waals surface area contributed by atoms with Crippen LogP contribution in [0.1, 0.15) is 22.3 Å². The van der Waals surface area contributed by atoms with E-state index in [4.69, 9.17) is 0 Å². The maximum Gasteiger partial charge on any atom is 0.417 e. The Bertz CT molecular complexity index is 372. The second-order valence-electron chi connectivity index (χ2n) is 3.21. The zero-order valence-corrected chi connectivity index (χ0v) is 8.67. The molecule has 2 nitrogen and oxygen atoms in total. The Morgan fingerprint density at radius 2 is 1.94 bits per heavy atom. The van der Waals surface area contributed by atoms with Gasteiger partial charge in [0.25, 0.3) is 0 Å². The topological polar surface area (TPSA) is 26.3 Å². The maximum atomic E-state index is 12.5. The predicted molar refractivity (Wildman–Crippen MR) is 52.3 cm³/mol. The number of Topliss-reactive ketones (excluding diaryl/α,β-unsaturated/α-hetero) is 1. The first kappa shape index (κ1) is 12.7. The molecular formula is C11H11F3O2. The largest absolute Gasteiger partial charge is 0.417 e. The average Bonchev–Trinajstić information content (AvgIpc) is 2.24. The van der Waals surface area contributed by atoms with Gasteiger partial charge in [-0.3, -0.25) is 4.79 Å². The summed E-state index contributed by atoms with van der Waals surface area (Å²) in [5, 5.41) is 0. The first-order chi connectivity index (χ1) is 7.46. The molecule has 0 N–H and O–H groups in total. The van der Waals surface area contributed by atoms with Gasteiger partial charge in [-0.05, 0) is 6.07 Å². The number of methoxy groups -OCH3 is 1. The molecular weight excluding hydrogens is 221 g/mol. The van der Waals surface area contributed by atoms with E-state index in [1.807, 2.05) is 0 Å². The molecule has 5 heteroatoms. The molecule has 0 fully saturated rings. The van der Waals surface area contributed by atoms with E-state index >= 15 is 0 Å². The van der Waals surface area contributed by atoms with Crippen molar-refractivity contribution in [1.82, 2.24) is 0 Å². The van der Waals surface area contributed by atoms with Crippen LogP contribution in [0.25, 0.3) is 0 Å². The standard InChI is InChI=1S/C11H11F3O2/c1-16-7-6-10(15)8-4-2-3-5-9(8)11(12,13)14/h2-5H,6-7H2,1H3. The Labute approximate surface area is 91.0 Å². The van der Waals surface area contributed by atoms with Gasteiger partial charge >= 0.3 is 6.18 Å². The van der Waals surface area contributed by atoms with E-state index in [9.17, 15) is 18.0 Å². The predicted octanol–water partition coefficient (Wildman–Crippen LogP) is 2.92. The Balaban J connectivity index is 3.00. The number of rotatable bonds is 4. The van der Waals surface area contributed by atoms with Crippen LogP contribution in [0.15, 0.2) is 24.3 Å². The molecule has 0 saturated heterocycles. The van der Waals surface area contributed by atoms with Crippen LogP contribution in [0.5, 0.6) is 0 Å². The van der Waals surface area contributed by atoms with Gasteiger partial charge in [0.15, 0.2) is 5.78 Å². The van der Waals surface area contributed by atoms with Gasteiger partial charge in [-0.25, -0.2) is 0 Å². The molecule has 16 heavy (non-hydrogen) atoms. The van der Waals surface area contributed by atoms with Crippen LogP contribution < -0.4 is 0 Å². The Hall–Kier alpha value is -1.36. The highest BCUT2D eigenvalue weighted by atomic mass is 19.4. The number of carbonyl (C=O) groups is 1. The lowest BCUT2D eigenvalue weighted by Gasteiger charge is -2.11. The van der Waals surface area contributed by atoms with Gasteiger partial charge < -0.3 is 4.74 Å². The fourth-order valence-corrected chi connectivity index (χ4v) is 1.30. The van der Waals surface area contributed by atoms with Gasteiger partial charge in [0, 0.05) is 19.1 Å². The smallest absolute Gasteiger partial charge is 0.384 e. The van der Waals surface area contributed by atoms with E-state index in [1.165, 1.54) is 25.3 Å². The molecule has 0 unspecified atom stereocenters. The lowest BCUT2D eigenvalue weighted by atomic mass is 10.0. The lowest BCUT2D eigenvalue weighted by Crippen LogP contribution is -2.14. The third-order valence-corrected chi connectivity index (χ3v) is 2.07. The van der Waals surface area contributed by atoms with E-state index in [2.05, 4.69) is 4.74 Å². The first-order valence-electron chi connectivity index (χ1n) is 4.65. The fraction of sp³-hybridized carbons (Fsp3) is 0.364. The number of ether oxygens (including phenoxy) is 1. The van der Waals surface area contributed by atoms with Crippen LogP contribution in [0.3, 0.4) is 0 Å². The second kappa shape index (κ2) is 5.12. The summed E-state index contributed by atoms with van der Waals surface area (Å²) in [4.78, 5) is 11.5. The van der Waals surface area contributed by atoms with Crippen molar-refractivity contribution < 1.29 is 22.7 Å². The number of ketones is 1. The highest BCUT2D eigenvalue weighted by Gasteiger charge is 2.34. The van der Waals surface area contributed by atoms with E-state index in [0.29, 0.717) is 0 Å². The lowest BCUT2D eigenvalue weighted by molar-refractivity contribution is -0.137. The van der Waals surface area contributed by atoms with Crippen molar-refractivity contribution in [2.75, 3.05) is 13.7 Å². The van der Waals surface area contributed by atoms with Crippen molar-refractivity contribution >= 4 is 5.78 Å². The molecule has 0 radical (unpaired) electrons. The number of hydrogen-bond donors (Lipinski definition) is 0. The van der Waals surface area contributed by atoms with Gasteiger partial charge in [-0.1, -0.05) is 18.2 Å². The maximum absolute atomic E-state index is 12.5. The summed E-state index contributed by atoms with van der Waals surface area (Å²) in [7, 11) is 1.39. The normalized spacial score (nSPS) is 11.5. The van der Waals surface area contributed by atoms with Gasteiger partial charge in [-0.2, -0.15) is 13.2 Å². The zero-order chi connectivity index (χ0) is 12.2. The minimum absolute atomic E-state index is 0.0520. The van der Waals surface area contributed by atoms with E-state index in [-0.39, 0.29) is 18.6 Å². The summed E-state index contributed by atoms with van der Waals surface area (Å²) in [5.74, 6) is -0.560. The van der Waals surface area contributed by atoms with Crippen molar-refractivity contribution in [2.45, 2.75) is 12.6 Å². The van der Waals surface area contributed by atoms with E-state index < -0.39 is 17.5 Å². The molecule has 0 spiro atoms. The molecule has 0 aromatic heterocycles. The average molecular weight is 232 g/mol. The highest BCUT2D eigenvalue weighted by molar-refractivity contribution is 5.97. The summed E-state index contributed by atoms with van der Waals surface area (Å²) in [6.07, 6.45) is -4.55. The number of carbonyl (C=O) groups excluding carboxylic acids is 1. The third-order valence-electron chi connectivity index (χ3n) is 2.07. The molecule has 0 aliphatic carbocycles. The van der Waals surface area contributed by atoms with Crippen LogP contribution in [0.2, 0.25) is 0 Å². The molecule has 1 aromatic carbocycles. The van der Waals surface area contributed by atoms with Gasteiger partial charge in [-0.15, -0.1) is 0 Å². The monoisotopic (exact) mass is 232 g/mol. The first-order valence-corrected chi connectivity index (χ1v) is 4.65. The van der Waals surface area contributed by atoms with Crippen LogP contribution in [-0.2, 0) is 10.9 Å². The minimum atomic E-state index is -4.50. The number of benzene rings is 1. The molecule has 0 bridgehead atoms. The van der Waals surface area contributed by atoms with Crippen LogP contribution in [-0.4, -0.2) is 19.5 Å². The molecule has 1 rings (SSSR count). The number of alkyl halides is 3. The minimum Gasteiger partial charge on any atom is -0.384 e. The summed E-state index contributed by atoms with van der Waals surface area (Å²) >= 11 is 0.